The van der Waals surface area contributed by atoms with E-state index in [1.165, 1.54) is 6.92 Å². The molecule has 1 aromatic heterocycles. The molecule has 0 amide bonds. The van der Waals surface area contributed by atoms with Crippen molar-refractivity contribution in [2.24, 2.45) is 0 Å². The maximum absolute atomic E-state index is 11.0. The van der Waals surface area contributed by atoms with Gasteiger partial charge in [0.2, 0.25) is 0 Å². The van der Waals surface area contributed by atoms with E-state index in [4.69, 9.17) is 16.0 Å². The summed E-state index contributed by atoms with van der Waals surface area (Å²) in [6.45, 7) is 1.54. The Labute approximate surface area is 113 Å². The number of Topliss-reactive ketones (excluding diaryl/α,β-unsaturated/α-hetero) is 1. The van der Waals surface area contributed by atoms with Crippen molar-refractivity contribution in [3.8, 4) is 11.3 Å². The van der Waals surface area contributed by atoms with Crippen LogP contribution >= 0.6 is 27.5 Å². The van der Waals surface area contributed by atoms with E-state index in [1.54, 1.807) is 12.1 Å². The largest absolute Gasteiger partial charge is 0.461 e. The Morgan fingerprint density at radius 3 is 2.82 bits per heavy atom. The normalized spacial score (nSPS) is 10.5. The Hall–Kier alpha value is -1.06. The molecule has 0 saturated heterocycles. The first-order valence-corrected chi connectivity index (χ1v) is 6.27. The van der Waals surface area contributed by atoms with E-state index in [0.717, 1.165) is 10.0 Å². The Morgan fingerprint density at radius 2 is 2.12 bits per heavy atom. The van der Waals surface area contributed by atoms with Gasteiger partial charge in [0.15, 0.2) is 0 Å². The van der Waals surface area contributed by atoms with Gasteiger partial charge >= 0.3 is 0 Å². The van der Waals surface area contributed by atoms with Crippen molar-refractivity contribution in [1.29, 1.82) is 0 Å². The molecule has 4 heteroatoms. The van der Waals surface area contributed by atoms with Crippen LogP contribution in [0.2, 0.25) is 5.02 Å². The summed E-state index contributed by atoms with van der Waals surface area (Å²) < 4.78 is 6.52. The van der Waals surface area contributed by atoms with Crippen molar-refractivity contribution in [3.63, 3.8) is 0 Å². The standard InChI is InChI=1S/C13H10BrClO2/c1-8(16)6-10-3-5-13(17-10)11-7-9(14)2-4-12(11)15/h2-5,7H,6H2,1H3. The zero-order valence-corrected chi connectivity index (χ0v) is 11.5. The van der Waals surface area contributed by atoms with Gasteiger partial charge in [0, 0.05) is 10.0 Å². The summed E-state index contributed by atoms with van der Waals surface area (Å²) in [4.78, 5) is 11.0. The van der Waals surface area contributed by atoms with Crippen LogP contribution in [0.4, 0.5) is 0 Å². The summed E-state index contributed by atoms with van der Waals surface area (Å²) in [5.74, 6) is 1.40. The molecule has 0 N–H and O–H groups in total. The van der Waals surface area contributed by atoms with Crippen LogP contribution in [0.25, 0.3) is 11.3 Å². The highest BCUT2D eigenvalue weighted by molar-refractivity contribution is 9.10. The predicted octanol–water partition coefficient (Wildman–Crippen LogP) is 4.49. The average molecular weight is 314 g/mol. The van der Waals surface area contributed by atoms with Gasteiger partial charge < -0.3 is 4.42 Å². The quantitative estimate of drug-likeness (QED) is 0.835. The monoisotopic (exact) mass is 312 g/mol. The predicted molar refractivity (Wildman–Crippen MR) is 71.2 cm³/mol. The van der Waals surface area contributed by atoms with E-state index in [0.29, 0.717) is 23.0 Å². The number of carbonyl (C=O) groups is 1. The maximum Gasteiger partial charge on any atom is 0.137 e. The third kappa shape index (κ3) is 2.99. The lowest BCUT2D eigenvalue weighted by molar-refractivity contribution is -0.116. The van der Waals surface area contributed by atoms with E-state index in [2.05, 4.69) is 15.9 Å². The van der Waals surface area contributed by atoms with Gasteiger partial charge in [-0.15, -0.1) is 0 Å². The van der Waals surface area contributed by atoms with Crippen molar-refractivity contribution in [3.05, 3.63) is 45.6 Å². The smallest absolute Gasteiger partial charge is 0.137 e. The third-order valence-electron chi connectivity index (χ3n) is 2.28. The number of hydrogen-bond donors (Lipinski definition) is 0. The van der Waals surface area contributed by atoms with E-state index >= 15 is 0 Å². The van der Waals surface area contributed by atoms with E-state index < -0.39 is 0 Å². The van der Waals surface area contributed by atoms with Crippen LogP contribution in [-0.2, 0) is 11.2 Å². The third-order valence-corrected chi connectivity index (χ3v) is 3.10. The van der Waals surface area contributed by atoms with Crippen molar-refractivity contribution in [1.82, 2.24) is 0 Å². The number of furan rings is 1. The van der Waals surface area contributed by atoms with Gasteiger partial charge in [-0.1, -0.05) is 27.5 Å². The number of ketones is 1. The van der Waals surface area contributed by atoms with Gasteiger partial charge in [-0.25, -0.2) is 0 Å². The fraction of sp³-hybridized carbons (Fsp3) is 0.154. The van der Waals surface area contributed by atoms with Crippen molar-refractivity contribution in [2.45, 2.75) is 13.3 Å². The Kier molecular flexibility index (Phi) is 3.69. The van der Waals surface area contributed by atoms with Crippen molar-refractivity contribution >= 4 is 33.3 Å². The first-order valence-electron chi connectivity index (χ1n) is 5.10. The van der Waals surface area contributed by atoms with Gasteiger partial charge in [-0.05, 0) is 37.3 Å². The highest BCUT2D eigenvalue weighted by Gasteiger charge is 2.10. The molecule has 0 aliphatic heterocycles. The van der Waals surface area contributed by atoms with Gasteiger partial charge in [0.1, 0.15) is 17.3 Å². The number of carbonyl (C=O) groups excluding carboxylic acids is 1. The van der Waals surface area contributed by atoms with Crippen molar-refractivity contribution in [2.75, 3.05) is 0 Å². The lowest BCUT2D eigenvalue weighted by Crippen LogP contribution is -1.93. The van der Waals surface area contributed by atoms with E-state index in [-0.39, 0.29) is 5.78 Å². The lowest BCUT2D eigenvalue weighted by Gasteiger charge is -2.01. The highest BCUT2D eigenvalue weighted by atomic mass is 79.9. The van der Waals surface area contributed by atoms with E-state index in [9.17, 15) is 4.79 Å². The molecule has 0 radical (unpaired) electrons. The second-order valence-corrected chi connectivity index (χ2v) is 5.09. The first-order chi connectivity index (χ1) is 8.06. The lowest BCUT2D eigenvalue weighted by atomic mass is 10.2. The van der Waals surface area contributed by atoms with E-state index in [1.807, 2.05) is 18.2 Å². The topological polar surface area (TPSA) is 30.2 Å². The van der Waals surface area contributed by atoms with Crippen LogP contribution in [0.5, 0.6) is 0 Å². The second-order valence-electron chi connectivity index (χ2n) is 3.77. The molecule has 88 valence electrons. The summed E-state index contributed by atoms with van der Waals surface area (Å²) in [5, 5.41) is 0.622. The number of benzene rings is 1. The van der Waals surface area contributed by atoms with Crippen molar-refractivity contribution < 1.29 is 9.21 Å². The minimum absolute atomic E-state index is 0.0752. The molecule has 1 aromatic carbocycles. The fourth-order valence-corrected chi connectivity index (χ4v) is 2.12. The zero-order chi connectivity index (χ0) is 12.4. The molecule has 2 rings (SSSR count). The molecular weight excluding hydrogens is 303 g/mol. The Bertz CT molecular complexity index is 560. The molecular formula is C13H10BrClO2. The highest BCUT2D eigenvalue weighted by Crippen LogP contribution is 2.31. The first kappa shape index (κ1) is 12.4. The zero-order valence-electron chi connectivity index (χ0n) is 9.17. The van der Waals surface area contributed by atoms with Crippen LogP contribution in [-0.4, -0.2) is 5.78 Å². The second kappa shape index (κ2) is 5.07. The summed E-state index contributed by atoms with van der Waals surface area (Å²) >= 11 is 9.48. The Balaban J connectivity index is 2.36. The molecule has 0 aliphatic rings. The van der Waals surface area contributed by atoms with Crippen LogP contribution < -0.4 is 0 Å². The number of rotatable bonds is 3. The minimum atomic E-state index is 0.0752. The molecule has 0 fully saturated rings. The van der Waals surface area contributed by atoms with Crippen LogP contribution in [0.1, 0.15) is 12.7 Å². The SMILES string of the molecule is CC(=O)Cc1ccc(-c2cc(Br)ccc2Cl)o1. The van der Waals surface area contributed by atoms with Gasteiger partial charge in [0.05, 0.1) is 11.4 Å². The molecule has 17 heavy (non-hydrogen) atoms. The molecule has 0 atom stereocenters. The fourth-order valence-electron chi connectivity index (χ4n) is 1.55. The minimum Gasteiger partial charge on any atom is -0.461 e. The number of hydrogen-bond acceptors (Lipinski definition) is 2. The van der Waals surface area contributed by atoms with Gasteiger partial charge in [0.25, 0.3) is 0 Å². The molecule has 2 aromatic rings. The molecule has 2 nitrogen and oxygen atoms in total. The average Bonchev–Trinajstić information content (AvgIpc) is 2.69. The summed E-state index contributed by atoms with van der Waals surface area (Å²) in [6.07, 6.45) is 0.311. The van der Waals surface area contributed by atoms with Crippen LogP contribution in [0, 0.1) is 0 Å². The Morgan fingerprint density at radius 1 is 1.35 bits per heavy atom. The van der Waals surface area contributed by atoms with Gasteiger partial charge in [-0.3, -0.25) is 4.79 Å². The summed E-state index contributed by atoms with van der Waals surface area (Å²) in [6, 6.07) is 9.18. The molecule has 0 spiro atoms. The maximum atomic E-state index is 11.0. The molecule has 0 unspecified atom stereocenters. The van der Waals surface area contributed by atoms with Crippen LogP contribution in [0.3, 0.4) is 0 Å². The molecule has 0 bridgehead atoms. The molecule has 0 saturated carbocycles. The van der Waals surface area contributed by atoms with Crippen LogP contribution in [0.15, 0.2) is 39.2 Å². The van der Waals surface area contributed by atoms with Gasteiger partial charge in [-0.2, -0.15) is 0 Å². The number of halogens is 2. The summed E-state index contributed by atoms with van der Waals surface area (Å²) in [7, 11) is 0. The molecule has 0 aliphatic carbocycles. The summed E-state index contributed by atoms with van der Waals surface area (Å²) in [5.41, 5.74) is 0.816. The molecule has 1 heterocycles.